The van der Waals surface area contributed by atoms with Crippen molar-refractivity contribution in [2.45, 2.75) is 131 Å². The van der Waals surface area contributed by atoms with E-state index < -0.39 is 18.1 Å². The van der Waals surface area contributed by atoms with Crippen LogP contribution < -0.4 is 30.6 Å². The van der Waals surface area contributed by atoms with E-state index in [4.69, 9.17) is 18.7 Å². The number of aryl methyl sites for hydroxylation is 3. The number of hydrogen-bond donors (Lipinski definition) is 4. The van der Waals surface area contributed by atoms with Crippen LogP contribution in [0.4, 0.5) is 5.69 Å². The molecule has 2 fully saturated rings. The number of aliphatic hydroxyl groups excluding tert-OH is 1. The molecule has 0 bridgehead atoms. The average molecular weight is 1060 g/mol. The number of benzene rings is 3. The average Bonchev–Trinajstić information content (AvgIpc) is 4.17. The van der Waals surface area contributed by atoms with Crippen LogP contribution in [0.3, 0.4) is 0 Å². The van der Waals surface area contributed by atoms with Gasteiger partial charge in [-0.2, -0.15) is 0 Å². The number of hydrogen-bond acceptors (Lipinski definition) is 13. The molecule has 0 radical (unpaired) electrons. The monoisotopic (exact) mass is 1060 g/mol. The van der Waals surface area contributed by atoms with Crippen LogP contribution in [0.5, 0.6) is 11.6 Å². The van der Waals surface area contributed by atoms with Crippen molar-refractivity contribution >= 4 is 34.7 Å². The van der Waals surface area contributed by atoms with Gasteiger partial charge in [0.2, 0.25) is 11.8 Å². The van der Waals surface area contributed by atoms with Gasteiger partial charge in [0.05, 0.1) is 41.4 Å². The predicted octanol–water partition coefficient (Wildman–Crippen LogP) is 9.53. The van der Waals surface area contributed by atoms with Crippen molar-refractivity contribution in [3.8, 4) is 33.2 Å². The Hall–Kier alpha value is -6.82. The number of amides is 3. The Kier molecular flexibility index (Phi) is 18.5. The number of aliphatic hydroxyl groups is 1. The smallest absolute Gasteiger partial charge is 0.254 e. The first-order valence-electron chi connectivity index (χ1n) is 26.7. The SMILES string of the molecule is CCN(c1cc(-c2ccc(OCCCCCOc3cc(C(C(=O)N4C[C@H](O)C[C@H]4C(=O)NC(C)c4ccc(-c5scnc5C)cc4)C(C)C)on3)cc2)cc(C(=O)NCc2c(C)cc(C)[nH]c2=O)c1C)C1CCOCC1. The summed E-state index contributed by atoms with van der Waals surface area (Å²) in [6.07, 6.45) is 3.48. The van der Waals surface area contributed by atoms with Crippen molar-refractivity contribution in [1.29, 1.82) is 0 Å². The van der Waals surface area contributed by atoms with Crippen LogP contribution in [0, 0.1) is 33.6 Å². The Morgan fingerprint density at radius 3 is 2.29 bits per heavy atom. The molecule has 6 aromatic rings. The largest absolute Gasteiger partial charge is 0.494 e. The Morgan fingerprint density at radius 2 is 1.62 bits per heavy atom. The summed E-state index contributed by atoms with van der Waals surface area (Å²) in [6, 6.07) is 22.7. The number of rotatable bonds is 22. The van der Waals surface area contributed by atoms with Crippen LogP contribution >= 0.6 is 11.3 Å². The van der Waals surface area contributed by atoms with Crippen molar-refractivity contribution in [2.24, 2.45) is 5.92 Å². The van der Waals surface area contributed by atoms with Crippen molar-refractivity contribution in [2.75, 3.05) is 44.4 Å². The number of carbonyl (C=O) groups excluding carboxylic acids is 3. The fourth-order valence-corrected chi connectivity index (χ4v) is 11.3. The van der Waals surface area contributed by atoms with Crippen LogP contribution in [0.1, 0.15) is 128 Å². The number of aromatic amines is 1. The highest BCUT2D eigenvalue weighted by Crippen LogP contribution is 2.36. The minimum absolute atomic E-state index is 0.0393. The molecular formula is C59H73N7O9S. The van der Waals surface area contributed by atoms with E-state index in [-0.39, 0.29) is 66.7 Å². The molecule has 2 aliphatic rings. The standard InChI is InChI=1S/C59H73N7O9S/c1-9-65(45-21-25-72-26-22-45)50-29-44(28-48(38(50)6)56(68)60-32-49-36(4)27-37(5)62-57(49)69)42-17-19-47(20-18-42)73-23-11-10-12-24-74-53-31-52(75-64-53)54(35(2)3)59(71)66-33-46(67)30-51(66)58(70)63-39(7)41-13-15-43(16-14-41)55-40(8)61-34-76-55/h13-20,27-29,31,34-35,39,45-46,51,54,67H,9-12,21-26,30,32-33H2,1-8H3,(H,60,68)(H,62,69)(H,63,70)/t39?,46-,51+,54?/m1/s1. The molecule has 2 unspecified atom stereocenters. The van der Waals surface area contributed by atoms with Gasteiger partial charge in [0.1, 0.15) is 17.7 Å². The molecule has 0 saturated carbocycles. The van der Waals surface area contributed by atoms with Crippen molar-refractivity contribution in [1.82, 2.24) is 30.7 Å². The number of anilines is 1. The number of thiazole rings is 1. The number of β-amino-alcohol motifs (C(OH)–C–C–N with tert-alkyl or cyclic N) is 1. The molecule has 16 nitrogen and oxygen atoms in total. The molecule has 2 saturated heterocycles. The van der Waals surface area contributed by atoms with E-state index in [2.05, 4.69) is 43.6 Å². The maximum absolute atomic E-state index is 14.2. The summed E-state index contributed by atoms with van der Waals surface area (Å²) < 4.78 is 23.5. The van der Waals surface area contributed by atoms with Crippen LogP contribution in [0.25, 0.3) is 21.6 Å². The molecule has 0 aliphatic carbocycles. The van der Waals surface area contributed by atoms with Gasteiger partial charge >= 0.3 is 0 Å². The molecule has 3 aromatic carbocycles. The van der Waals surface area contributed by atoms with E-state index in [1.54, 1.807) is 17.4 Å². The van der Waals surface area contributed by atoms with Gasteiger partial charge in [-0.25, -0.2) is 4.98 Å². The molecular weight excluding hydrogens is 983 g/mol. The second-order valence-corrected chi connectivity index (χ2v) is 21.4. The van der Waals surface area contributed by atoms with Gasteiger partial charge in [-0.1, -0.05) is 50.2 Å². The number of nitrogens with zero attached hydrogens (tertiary/aromatic N) is 4. The highest BCUT2D eigenvalue weighted by Gasteiger charge is 2.43. The lowest BCUT2D eigenvalue weighted by molar-refractivity contribution is -0.141. The minimum Gasteiger partial charge on any atom is -0.494 e. The molecule has 2 aliphatic heterocycles. The lowest BCUT2D eigenvalue weighted by Gasteiger charge is -2.37. The fraction of sp³-hybridized carbons (Fsp3) is 0.458. The zero-order valence-electron chi connectivity index (χ0n) is 45.1. The summed E-state index contributed by atoms with van der Waals surface area (Å²) in [5.41, 5.74) is 11.0. The number of likely N-dealkylation sites (tertiary alicyclic amines) is 1. The highest BCUT2D eigenvalue weighted by molar-refractivity contribution is 7.13. The first kappa shape index (κ1) is 55.4. The topological polar surface area (TPSA) is 201 Å². The first-order valence-corrected chi connectivity index (χ1v) is 27.6. The third-order valence-electron chi connectivity index (χ3n) is 14.7. The van der Waals surface area contributed by atoms with E-state index in [0.29, 0.717) is 43.3 Å². The molecule has 0 spiro atoms. The van der Waals surface area contributed by atoms with E-state index in [0.717, 1.165) is 99.7 Å². The lowest BCUT2D eigenvalue weighted by Crippen LogP contribution is -2.48. The second kappa shape index (κ2) is 25.3. The molecule has 3 amide bonds. The maximum atomic E-state index is 14.2. The summed E-state index contributed by atoms with van der Waals surface area (Å²) in [5.74, 6) is -0.455. The van der Waals surface area contributed by atoms with Gasteiger partial charge in [0, 0.05) is 73.9 Å². The van der Waals surface area contributed by atoms with Gasteiger partial charge in [-0.15, -0.1) is 11.3 Å². The Labute approximate surface area is 449 Å². The number of H-pyrrole nitrogens is 1. The minimum atomic E-state index is -0.843. The summed E-state index contributed by atoms with van der Waals surface area (Å²) in [5, 5.41) is 20.9. The van der Waals surface area contributed by atoms with E-state index in [1.807, 2.05) is 115 Å². The van der Waals surface area contributed by atoms with Gasteiger partial charge in [0.15, 0.2) is 5.76 Å². The fourth-order valence-electron chi connectivity index (χ4n) is 10.5. The summed E-state index contributed by atoms with van der Waals surface area (Å²) >= 11 is 1.59. The Morgan fingerprint density at radius 1 is 0.908 bits per heavy atom. The molecule has 4 N–H and O–H groups in total. The summed E-state index contributed by atoms with van der Waals surface area (Å²) in [7, 11) is 0. The van der Waals surface area contributed by atoms with Crippen LogP contribution in [-0.2, 0) is 20.9 Å². The lowest BCUT2D eigenvalue weighted by atomic mass is 9.91. The van der Waals surface area contributed by atoms with Crippen LogP contribution in [-0.4, -0.2) is 101 Å². The molecule has 5 heterocycles. The highest BCUT2D eigenvalue weighted by atomic mass is 32.1. The predicted molar refractivity (Wildman–Crippen MR) is 295 cm³/mol. The number of aromatic nitrogens is 3. The summed E-state index contributed by atoms with van der Waals surface area (Å²) in [6.45, 7) is 18.8. The third kappa shape index (κ3) is 13.2. The number of pyridine rings is 1. The Balaban J connectivity index is 0.822. The third-order valence-corrected chi connectivity index (χ3v) is 15.7. The van der Waals surface area contributed by atoms with Crippen LogP contribution in [0.2, 0.25) is 0 Å². The zero-order valence-corrected chi connectivity index (χ0v) is 45.9. The van der Waals surface area contributed by atoms with Gasteiger partial charge in [0.25, 0.3) is 17.3 Å². The van der Waals surface area contributed by atoms with Crippen LogP contribution in [0.15, 0.2) is 87.6 Å². The molecule has 17 heteroatoms. The van der Waals surface area contributed by atoms with E-state index in [9.17, 15) is 24.3 Å². The number of ether oxygens (including phenoxy) is 3. The Bertz CT molecular complexity index is 3000. The number of nitrogens with one attached hydrogen (secondary N) is 3. The van der Waals surface area contributed by atoms with Crippen molar-refractivity contribution in [3.63, 3.8) is 0 Å². The van der Waals surface area contributed by atoms with Gasteiger partial charge in [-0.05, 0) is 148 Å². The van der Waals surface area contributed by atoms with Crippen molar-refractivity contribution in [3.05, 3.63) is 134 Å². The summed E-state index contributed by atoms with van der Waals surface area (Å²) in [4.78, 5) is 66.9. The normalized spacial score (nSPS) is 16.6. The quantitative estimate of drug-likeness (QED) is 0.0470. The van der Waals surface area contributed by atoms with E-state index >= 15 is 0 Å². The van der Waals surface area contributed by atoms with Gasteiger partial charge < -0.3 is 49.3 Å². The molecule has 8 rings (SSSR count). The van der Waals surface area contributed by atoms with E-state index in [1.165, 1.54) is 4.90 Å². The second-order valence-electron chi connectivity index (χ2n) is 20.5. The molecule has 4 atom stereocenters. The van der Waals surface area contributed by atoms with Crippen molar-refractivity contribution < 1.29 is 38.2 Å². The maximum Gasteiger partial charge on any atom is 0.254 e. The molecule has 3 aromatic heterocycles. The molecule has 404 valence electrons. The van der Waals surface area contributed by atoms with Gasteiger partial charge in [-0.3, -0.25) is 19.2 Å². The first-order chi connectivity index (χ1) is 36.6. The molecule has 76 heavy (non-hydrogen) atoms. The number of unbranched alkanes of at least 4 members (excludes halogenated alkanes) is 2. The number of carbonyl (C=O) groups is 3. The zero-order chi connectivity index (χ0) is 54.0.